The Morgan fingerprint density at radius 1 is 1.05 bits per heavy atom. The maximum Gasteiger partial charge on any atom is 0.178 e. The van der Waals surface area contributed by atoms with E-state index in [-0.39, 0.29) is 5.82 Å². The molecular formula is C28H34FN5O2S. The normalized spacial score (nSPS) is 16.8. The number of halogens is 1. The quantitative estimate of drug-likeness (QED) is 0.326. The number of aromatic nitrogens is 3. The standard InChI is InChI=1S/C28H34FN5O2S/c1-3-4-27-31-25-17-24(9-10-26(25)37-27)36-28(20(2)35)33-14-11-32(12-15-33)13-16-34-19-22(18-30-34)21-5-7-23(29)8-6-21/h5-10,17-20,28,35H,3-4,11-16H2,1-2H3/t20-,28?/m1/s1. The van der Waals surface area contributed by atoms with Crippen LogP contribution in [0.15, 0.2) is 54.9 Å². The SMILES string of the molecule is CCCc1nc2cc(OC([C@@H](C)O)N3CCN(CCn4cc(-c5ccc(F)cc5)cn4)CC3)ccc2s1. The molecule has 7 nitrogen and oxygen atoms in total. The van der Waals surface area contributed by atoms with Crippen LogP contribution in [0.4, 0.5) is 4.39 Å². The summed E-state index contributed by atoms with van der Waals surface area (Å²) in [4.78, 5) is 9.36. The number of aryl methyl sites for hydroxylation is 1. The molecule has 2 atom stereocenters. The van der Waals surface area contributed by atoms with Crippen molar-refractivity contribution in [2.75, 3.05) is 32.7 Å². The molecule has 1 N–H and O–H groups in total. The third kappa shape index (κ3) is 6.35. The van der Waals surface area contributed by atoms with E-state index in [1.54, 1.807) is 30.4 Å². The molecule has 3 heterocycles. The first-order chi connectivity index (χ1) is 18.0. The molecule has 0 bridgehead atoms. The largest absolute Gasteiger partial charge is 0.472 e. The number of hydrogen-bond acceptors (Lipinski definition) is 7. The van der Waals surface area contributed by atoms with Crippen LogP contribution in [-0.4, -0.2) is 74.7 Å². The summed E-state index contributed by atoms with van der Waals surface area (Å²) >= 11 is 1.74. The molecule has 0 saturated carbocycles. The highest BCUT2D eigenvalue weighted by Crippen LogP contribution is 2.28. The Labute approximate surface area is 221 Å². The first-order valence-corrected chi connectivity index (χ1v) is 13.8. The molecule has 2 aromatic carbocycles. The summed E-state index contributed by atoms with van der Waals surface area (Å²) in [5, 5.41) is 16.1. The summed E-state index contributed by atoms with van der Waals surface area (Å²) in [5.41, 5.74) is 2.90. The van der Waals surface area contributed by atoms with Gasteiger partial charge in [-0.15, -0.1) is 11.3 Å². The van der Waals surface area contributed by atoms with Crippen LogP contribution in [0.5, 0.6) is 5.75 Å². The lowest BCUT2D eigenvalue weighted by molar-refractivity contribution is -0.0746. The van der Waals surface area contributed by atoms with Gasteiger partial charge in [0.25, 0.3) is 0 Å². The summed E-state index contributed by atoms with van der Waals surface area (Å²) in [5.74, 6) is 0.505. The van der Waals surface area contributed by atoms with Gasteiger partial charge in [0.05, 0.1) is 28.0 Å². The highest BCUT2D eigenvalue weighted by atomic mass is 32.1. The third-order valence-corrected chi connectivity index (χ3v) is 7.86. The number of hydrogen-bond donors (Lipinski definition) is 1. The van der Waals surface area contributed by atoms with E-state index in [4.69, 9.17) is 9.72 Å². The molecule has 1 saturated heterocycles. The van der Waals surface area contributed by atoms with E-state index in [0.29, 0.717) is 0 Å². The number of piperazine rings is 1. The second-order valence-electron chi connectivity index (χ2n) is 9.61. The van der Waals surface area contributed by atoms with Gasteiger partial charge in [0.2, 0.25) is 0 Å². The van der Waals surface area contributed by atoms with Crippen LogP contribution in [0.25, 0.3) is 21.3 Å². The minimum atomic E-state index is -0.623. The van der Waals surface area contributed by atoms with Crippen LogP contribution >= 0.6 is 11.3 Å². The second kappa shape index (κ2) is 11.7. The van der Waals surface area contributed by atoms with Crippen molar-refractivity contribution in [1.29, 1.82) is 0 Å². The number of aliphatic hydroxyl groups excluding tert-OH is 1. The molecule has 37 heavy (non-hydrogen) atoms. The average Bonchev–Trinajstić information content (AvgIpc) is 3.53. The Morgan fingerprint density at radius 2 is 1.84 bits per heavy atom. The number of aliphatic hydroxyl groups is 1. The smallest absolute Gasteiger partial charge is 0.178 e. The maximum atomic E-state index is 13.2. The van der Waals surface area contributed by atoms with Gasteiger partial charge in [-0.2, -0.15) is 5.10 Å². The number of fused-ring (bicyclic) bond motifs is 1. The highest BCUT2D eigenvalue weighted by molar-refractivity contribution is 7.18. The van der Waals surface area contributed by atoms with Gasteiger partial charge in [-0.25, -0.2) is 9.37 Å². The van der Waals surface area contributed by atoms with Crippen molar-refractivity contribution in [3.63, 3.8) is 0 Å². The summed E-state index contributed by atoms with van der Waals surface area (Å²) in [6.07, 6.45) is 4.87. The number of nitrogens with zero attached hydrogens (tertiary/aromatic N) is 5. The zero-order chi connectivity index (χ0) is 25.8. The van der Waals surface area contributed by atoms with Gasteiger partial charge in [-0.3, -0.25) is 14.5 Å². The van der Waals surface area contributed by atoms with E-state index in [1.807, 2.05) is 29.2 Å². The molecule has 5 rings (SSSR count). The van der Waals surface area contributed by atoms with E-state index in [2.05, 4.69) is 27.9 Å². The summed E-state index contributed by atoms with van der Waals surface area (Å²) < 4.78 is 22.6. The Balaban J connectivity index is 1.14. The van der Waals surface area contributed by atoms with Gasteiger partial charge >= 0.3 is 0 Å². The lowest BCUT2D eigenvalue weighted by Gasteiger charge is -2.40. The molecule has 1 aliphatic heterocycles. The molecule has 1 unspecified atom stereocenters. The molecule has 196 valence electrons. The van der Waals surface area contributed by atoms with Crippen molar-refractivity contribution >= 4 is 21.6 Å². The van der Waals surface area contributed by atoms with Gasteiger partial charge < -0.3 is 9.84 Å². The van der Waals surface area contributed by atoms with Crippen molar-refractivity contribution in [3.8, 4) is 16.9 Å². The van der Waals surface area contributed by atoms with Crippen LogP contribution in [-0.2, 0) is 13.0 Å². The van der Waals surface area contributed by atoms with Crippen molar-refractivity contribution in [1.82, 2.24) is 24.6 Å². The van der Waals surface area contributed by atoms with E-state index in [9.17, 15) is 9.50 Å². The second-order valence-corrected chi connectivity index (χ2v) is 10.7. The lowest BCUT2D eigenvalue weighted by Crippen LogP contribution is -2.55. The Bertz CT molecular complexity index is 1300. The van der Waals surface area contributed by atoms with Gasteiger partial charge in [0.15, 0.2) is 6.23 Å². The molecule has 4 aromatic rings. The predicted octanol–water partition coefficient (Wildman–Crippen LogP) is 4.65. The topological polar surface area (TPSA) is 66.7 Å². The summed E-state index contributed by atoms with van der Waals surface area (Å²) in [6, 6.07) is 12.5. The number of rotatable bonds is 10. The molecule has 1 fully saturated rings. The number of thiazole rings is 1. The first kappa shape index (κ1) is 25.8. The Morgan fingerprint density at radius 3 is 2.57 bits per heavy atom. The van der Waals surface area contributed by atoms with Crippen molar-refractivity contribution < 1.29 is 14.2 Å². The van der Waals surface area contributed by atoms with Crippen LogP contribution < -0.4 is 4.74 Å². The lowest BCUT2D eigenvalue weighted by atomic mass is 10.1. The fourth-order valence-corrected chi connectivity index (χ4v) is 5.78. The van der Waals surface area contributed by atoms with E-state index in [0.717, 1.165) is 79.5 Å². The van der Waals surface area contributed by atoms with Crippen molar-refractivity contribution in [2.24, 2.45) is 0 Å². The highest BCUT2D eigenvalue weighted by Gasteiger charge is 2.28. The molecule has 2 aromatic heterocycles. The monoisotopic (exact) mass is 523 g/mol. The molecule has 0 aliphatic carbocycles. The van der Waals surface area contributed by atoms with Crippen LogP contribution in [0, 0.1) is 5.82 Å². The molecule has 9 heteroatoms. The zero-order valence-corrected chi connectivity index (χ0v) is 22.2. The zero-order valence-electron chi connectivity index (χ0n) is 21.4. The average molecular weight is 524 g/mol. The van der Waals surface area contributed by atoms with Crippen LogP contribution in [0.3, 0.4) is 0 Å². The minimum Gasteiger partial charge on any atom is -0.472 e. The van der Waals surface area contributed by atoms with Crippen molar-refractivity contribution in [2.45, 2.75) is 45.6 Å². The molecular weight excluding hydrogens is 489 g/mol. The van der Waals surface area contributed by atoms with E-state index >= 15 is 0 Å². The first-order valence-electron chi connectivity index (χ1n) is 13.0. The molecule has 0 spiro atoms. The number of benzene rings is 2. The predicted molar refractivity (Wildman–Crippen MR) is 145 cm³/mol. The molecule has 0 radical (unpaired) electrons. The third-order valence-electron chi connectivity index (χ3n) is 6.76. The molecule has 0 amide bonds. The summed E-state index contributed by atoms with van der Waals surface area (Å²) in [7, 11) is 0. The van der Waals surface area contributed by atoms with Crippen LogP contribution in [0.1, 0.15) is 25.3 Å². The van der Waals surface area contributed by atoms with E-state index < -0.39 is 12.3 Å². The fourth-order valence-electron chi connectivity index (χ4n) is 4.73. The maximum absolute atomic E-state index is 13.2. The number of ether oxygens (including phenoxy) is 1. The summed E-state index contributed by atoms with van der Waals surface area (Å²) in [6.45, 7) is 9.04. The van der Waals surface area contributed by atoms with E-state index in [1.165, 1.54) is 16.8 Å². The van der Waals surface area contributed by atoms with Gasteiger partial charge in [-0.05, 0) is 49.6 Å². The Hall–Kier alpha value is -2.85. The minimum absolute atomic E-state index is 0.236. The van der Waals surface area contributed by atoms with Crippen molar-refractivity contribution in [3.05, 3.63) is 65.7 Å². The Kier molecular flexibility index (Phi) is 8.14. The van der Waals surface area contributed by atoms with Gasteiger partial charge in [0.1, 0.15) is 17.7 Å². The van der Waals surface area contributed by atoms with Crippen LogP contribution in [0.2, 0.25) is 0 Å². The fraction of sp³-hybridized carbons (Fsp3) is 0.429. The van der Waals surface area contributed by atoms with Gasteiger partial charge in [0, 0.05) is 50.6 Å². The molecule has 1 aliphatic rings. The van der Waals surface area contributed by atoms with Gasteiger partial charge in [-0.1, -0.05) is 19.1 Å².